The van der Waals surface area contributed by atoms with Crippen LogP contribution < -0.4 is 15.0 Å². The van der Waals surface area contributed by atoms with Gasteiger partial charge in [0.1, 0.15) is 12.3 Å². The Morgan fingerprint density at radius 2 is 2.21 bits per heavy atom. The number of non-ortho nitro benzene ring substituents is 1. The van der Waals surface area contributed by atoms with Crippen LogP contribution in [0.25, 0.3) is 0 Å². The molecule has 1 heterocycles. The number of rotatable bonds is 8. The number of hydrogen-bond acceptors (Lipinski definition) is 5. The summed E-state index contributed by atoms with van der Waals surface area (Å²) in [7, 11) is 1.41. The number of nitro groups is 1. The first-order valence-corrected chi connectivity index (χ1v) is 8.39. The third-order valence-electron chi connectivity index (χ3n) is 3.58. The van der Waals surface area contributed by atoms with E-state index in [1.165, 1.54) is 30.2 Å². The molecule has 2 N–H and O–H groups in total. The topological polar surface area (TPSA) is 85.9 Å². The summed E-state index contributed by atoms with van der Waals surface area (Å²) in [6.07, 6.45) is 0. The SMILES string of the molecule is CC[NH+](CC(=O)Nc1ccc([N+](=O)[O-])cc1OC)Cc1cccs1. The molecule has 0 aliphatic heterocycles. The quantitative estimate of drug-likeness (QED) is 0.561. The summed E-state index contributed by atoms with van der Waals surface area (Å²) in [5.41, 5.74) is 0.350. The van der Waals surface area contributed by atoms with Crippen LogP contribution in [-0.2, 0) is 11.3 Å². The van der Waals surface area contributed by atoms with Crippen molar-refractivity contribution in [3.63, 3.8) is 0 Å². The van der Waals surface area contributed by atoms with Gasteiger partial charge in [-0.05, 0) is 24.4 Å². The van der Waals surface area contributed by atoms with Crippen LogP contribution in [0.5, 0.6) is 5.75 Å². The second-order valence-corrected chi connectivity index (χ2v) is 6.26. The molecule has 2 aromatic rings. The monoisotopic (exact) mass is 350 g/mol. The normalized spacial score (nSPS) is 11.8. The lowest BCUT2D eigenvalue weighted by atomic mass is 10.2. The molecule has 24 heavy (non-hydrogen) atoms. The fourth-order valence-electron chi connectivity index (χ4n) is 2.29. The summed E-state index contributed by atoms with van der Waals surface area (Å²) >= 11 is 1.67. The van der Waals surface area contributed by atoms with Gasteiger partial charge in [-0.2, -0.15) is 0 Å². The van der Waals surface area contributed by atoms with Crippen molar-refractivity contribution in [2.45, 2.75) is 13.5 Å². The fourth-order valence-corrected chi connectivity index (χ4v) is 3.07. The van der Waals surface area contributed by atoms with Crippen molar-refractivity contribution in [2.75, 3.05) is 25.5 Å². The largest absolute Gasteiger partial charge is 0.494 e. The molecule has 2 rings (SSSR count). The van der Waals surface area contributed by atoms with E-state index in [2.05, 4.69) is 11.4 Å². The fraction of sp³-hybridized carbons (Fsp3) is 0.312. The number of nitrogens with zero attached hydrogens (tertiary/aromatic N) is 1. The van der Waals surface area contributed by atoms with E-state index < -0.39 is 4.92 Å². The number of nitrogens with one attached hydrogen (secondary N) is 2. The van der Waals surface area contributed by atoms with Crippen molar-refractivity contribution >= 4 is 28.6 Å². The Bertz CT molecular complexity index is 703. The molecule has 0 aliphatic carbocycles. The number of carbonyl (C=O) groups is 1. The van der Waals surface area contributed by atoms with Crippen LogP contribution in [-0.4, -0.2) is 31.0 Å². The summed E-state index contributed by atoms with van der Waals surface area (Å²) in [6, 6.07) is 8.17. The zero-order valence-electron chi connectivity index (χ0n) is 13.6. The van der Waals surface area contributed by atoms with Crippen molar-refractivity contribution in [3.05, 3.63) is 50.7 Å². The van der Waals surface area contributed by atoms with Gasteiger partial charge in [-0.15, -0.1) is 11.3 Å². The zero-order chi connectivity index (χ0) is 17.5. The van der Waals surface area contributed by atoms with Gasteiger partial charge < -0.3 is 15.0 Å². The first-order chi connectivity index (χ1) is 11.5. The van der Waals surface area contributed by atoms with Crippen molar-refractivity contribution < 1.29 is 19.4 Å². The summed E-state index contributed by atoms with van der Waals surface area (Å²) in [4.78, 5) is 24.9. The molecule has 128 valence electrons. The van der Waals surface area contributed by atoms with Crippen LogP contribution in [0.1, 0.15) is 11.8 Å². The van der Waals surface area contributed by atoms with Gasteiger partial charge in [0.25, 0.3) is 11.6 Å². The van der Waals surface area contributed by atoms with Crippen molar-refractivity contribution in [1.82, 2.24) is 0 Å². The average Bonchev–Trinajstić information content (AvgIpc) is 3.07. The van der Waals surface area contributed by atoms with Crippen molar-refractivity contribution in [3.8, 4) is 5.75 Å². The number of likely N-dealkylation sites (N-methyl/N-ethyl adjacent to an activating group) is 1. The number of methoxy groups -OCH3 is 1. The van der Waals surface area contributed by atoms with E-state index in [0.717, 1.165) is 18.0 Å². The van der Waals surface area contributed by atoms with Crippen molar-refractivity contribution in [1.29, 1.82) is 0 Å². The zero-order valence-corrected chi connectivity index (χ0v) is 14.4. The van der Waals surface area contributed by atoms with Gasteiger partial charge in [0, 0.05) is 6.07 Å². The molecule has 0 aliphatic rings. The Labute approximate surface area is 144 Å². The lowest BCUT2D eigenvalue weighted by molar-refractivity contribution is -0.903. The number of ether oxygens (including phenoxy) is 1. The minimum atomic E-state index is -0.502. The second kappa shape index (κ2) is 8.42. The van der Waals surface area contributed by atoms with E-state index in [1.807, 2.05) is 18.4 Å². The van der Waals surface area contributed by atoms with Crippen molar-refractivity contribution in [2.24, 2.45) is 0 Å². The molecule has 1 aromatic heterocycles. The van der Waals surface area contributed by atoms with Gasteiger partial charge >= 0.3 is 0 Å². The molecule has 0 radical (unpaired) electrons. The first kappa shape index (κ1) is 17.9. The predicted molar refractivity (Wildman–Crippen MR) is 92.7 cm³/mol. The molecule has 0 spiro atoms. The van der Waals surface area contributed by atoms with Crippen LogP contribution in [0.4, 0.5) is 11.4 Å². The molecule has 1 unspecified atom stereocenters. The first-order valence-electron chi connectivity index (χ1n) is 7.51. The summed E-state index contributed by atoms with van der Waals surface area (Å²) < 4.78 is 5.13. The molecule has 7 nitrogen and oxygen atoms in total. The van der Waals surface area contributed by atoms with E-state index in [4.69, 9.17) is 4.74 Å². The van der Waals surface area contributed by atoms with E-state index >= 15 is 0 Å². The van der Waals surface area contributed by atoms with E-state index in [0.29, 0.717) is 12.2 Å². The minimum absolute atomic E-state index is 0.0802. The third kappa shape index (κ3) is 4.77. The molecule has 1 amide bonds. The maximum atomic E-state index is 12.3. The molecule has 0 saturated carbocycles. The Morgan fingerprint density at radius 1 is 1.42 bits per heavy atom. The lowest BCUT2D eigenvalue weighted by Crippen LogP contribution is -3.11. The van der Waals surface area contributed by atoms with Crippen LogP contribution in [0.2, 0.25) is 0 Å². The van der Waals surface area contributed by atoms with Crippen LogP contribution in [0.15, 0.2) is 35.7 Å². The average molecular weight is 350 g/mol. The molecule has 1 aromatic carbocycles. The molecule has 8 heteroatoms. The van der Waals surface area contributed by atoms with Gasteiger partial charge in [0.15, 0.2) is 6.54 Å². The molecule has 1 atom stereocenters. The van der Waals surface area contributed by atoms with Crippen LogP contribution >= 0.6 is 11.3 Å². The van der Waals surface area contributed by atoms with E-state index in [9.17, 15) is 14.9 Å². The maximum Gasteiger partial charge on any atom is 0.279 e. The minimum Gasteiger partial charge on any atom is -0.494 e. The second-order valence-electron chi connectivity index (χ2n) is 5.23. The predicted octanol–water partition coefficient (Wildman–Crippen LogP) is 1.71. The highest BCUT2D eigenvalue weighted by atomic mass is 32.1. The molecular formula is C16H20N3O4S+. The number of hydrogen-bond donors (Lipinski definition) is 2. The summed E-state index contributed by atoms with van der Waals surface area (Å²) in [5, 5.41) is 15.6. The lowest BCUT2D eigenvalue weighted by Gasteiger charge is -2.17. The Morgan fingerprint density at radius 3 is 2.79 bits per heavy atom. The number of amides is 1. The number of benzene rings is 1. The van der Waals surface area contributed by atoms with Crippen LogP contribution in [0.3, 0.4) is 0 Å². The molecular weight excluding hydrogens is 330 g/mol. The highest BCUT2D eigenvalue weighted by Gasteiger charge is 2.17. The Hall–Kier alpha value is -2.45. The number of anilines is 1. The van der Waals surface area contributed by atoms with Crippen LogP contribution in [0, 0.1) is 10.1 Å². The van der Waals surface area contributed by atoms with E-state index in [-0.39, 0.29) is 17.3 Å². The maximum absolute atomic E-state index is 12.3. The third-order valence-corrected chi connectivity index (χ3v) is 4.46. The number of nitro benzene ring substituents is 1. The highest BCUT2D eigenvalue weighted by Crippen LogP contribution is 2.28. The Balaban J connectivity index is 2.01. The molecule has 0 fully saturated rings. The summed E-state index contributed by atoms with van der Waals surface area (Å²) in [5.74, 6) is 0.115. The van der Waals surface area contributed by atoms with Gasteiger partial charge in [0.2, 0.25) is 0 Å². The smallest absolute Gasteiger partial charge is 0.279 e. The van der Waals surface area contributed by atoms with Gasteiger partial charge in [-0.1, -0.05) is 6.07 Å². The molecule has 0 saturated heterocycles. The Kier molecular flexibility index (Phi) is 6.28. The summed E-state index contributed by atoms with van der Waals surface area (Å²) in [6.45, 7) is 3.96. The molecule has 0 bridgehead atoms. The van der Waals surface area contributed by atoms with E-state index in [1.54, 1.807) is 11.3 Å². The number of carbonyl (C=O) groups excluding carboxylic acids is 1. The number of thiophene rings is 1. The highest BCUT2D eigenvalue weighted by molar-refractivity contribution is 7.09. The number of quaternary nitrogens is 1. The standard InChI is InChI=1S/C16H19N3O4S/c1-3-18(10-13-5-4-8-24-13)11-16(20)17-14-7-6-12(19(21)22)9-15(14)23-2/h4-9H,3,10-11H2,1-2H3,(H,17,20)/p+1. The van der Waals surface area contributed by atoms with Gasteiger partial charge in [0.05, 0.1) is 35.2 Å². The van der Waals surface area contributed by atoms with Gasteiger partial charge in [-0.25, -0.2) is 0 Å². The van der Waals surface area contributed by atoms with Gasteiger partial charge in [-0.3, -0.25) is 14.9 Å².